The highest BCUT2D eigenvalue weighted by atomic mass is 16.5. The number of hydrogen-bond acceptors (Lipinski definition) is 2. The van der Waals surface area contributed by atoms with Crippen molar-refractivity contribution in [2.75, 3.05) is 6.61 Å². The smallest absolute Gasteiger partial charge is 0.333 e. The third-order valence-corrected chi connectivity index (χ3v) is 2.17. The van der Waals surface area contributed by atoms with Crippen molar-refractivity contribution in [3.05, 3.63) is 12.2 Å². The number of ether oxygens (including phenoxy) is 1. The molecule has 0 aliphatic heterocycles. The van der Waals surface area contributed by atoms with E-state index in [-0.39, 0.29) is 5.97 Å². The van der Waals surface area contributed by atoms with E-state index in [1.807, 2.05) is 0 Å². The lowest BCUT2D eigenvalue weighted by Gasteiger charge is -2.08. The molecule has 0 aliphatic rings. The average Bonchev–Trinajstić information content (AvgIpc) is 2.16. The Morgan fingerprint density at radius 3 is 2.47 bits per heavy atom. The van der Waals surface area contributed by atoms with Crippen molar-refractivity contribution in [3.63, 3.8) is 0 Å². The van der Waals surface area contributed by atoms with E-state index >= 15 is 0 Å². The summed E-state index contributed by atoms with van der Waals surface area (Å²) in [4.78, 5) is 11.4. The summed E-state index contributed by atoms with van der Waals surface area (Å²) in [5, 5.41) is 0. The first-order chi connectivity index (χ1) is 7.07. The lowest BCUT2D eigenvalue weighted by Crippen LogP contribution is -2.09. The highest BCUT2D eigenvalue weighted by Crippen LogP contribution is 2.10. The summed E-state index contributed by atoms with van der Waals surface area (Å²) in [7, 11) is 0. The highest BCUT2D eigenvalue weighted by Gasteiger charge is 2.09. The standard InChI is InChI=1S/C13H24O2/c1-5-6-7-8-9-15-13(14)12(4)10-11(2)3/h11H,4-10H2,1-3H3. The van der Waals surface area contributed by atoms with Gasteiger partial charge < -0.3 is 4.74 Å². The Bertz CT molecular complexity index is 195. The van der Waals surface area contributed by atoms with Crippen LogP contribution in [0.15, 0.2) is 12.2 Å². The Hall–Kier alpha value is -0.790. The summed E-state index contributed by atoms with van der Waals surface area (Å²) in [6.07, 6.45) is 5.25. The molecule has 88 valence electrons. The number of rotatable bonds is 8. The van der Waals surface area contributed by atoms with Gasteiger partial charge >= 0.3 is 5.97 Å². The summed E-state index contributed by atoms with van der Waals surface area (Å²) >= 11 is 0. The van der Waals surface area contributed by atoms with Crippen LogP contribution in [-0.2, 0) is 9.53 Å². The van der Waals surface area contributed by atoms with Gasteiger partial charge in [0, 0.05) is 5.57 Å². The molecule has 0 radical (unpaired) electrons. The maximum atomic E-state index is 11.4. The van der Waals surface area contributed by atoms with Crippen LogP contribution in [0.4, 0.5) is 0 Å². The van der Waals surface area contributed by atoms with E-state index in [4.69, 9.17) is 4.74 Å². The number of unbranched alkanes of at least 4 members (excludes halogenated alkanes) is 3. The second-order valence-corrected chi connectivity index (χ2v) is 4.40. The zero-order chi connectivity index (χ0) is 11.7. The predicted octanol–water partition coefficient (Wildman–Crippen LogP) is 3.71. The van der Waals surface area contributed by atoms with Crippen LogP contribution in [-0.4, -0.2) is 12.6 Å². The van der Waals surface area contributed by atoms with Crippen molar-refractivity contribution in [3.8, 4) is 0 Å². The van der Waals surface area contributed by atoms with Crippen molar-refractivity contribution >= 4 is 5.97 Å². The summed E-state index contributed by atoms with van der Waals surface area (Å²) < 4.78 is 5.11. The normalized spacial score (nSPS) is 10.4. The Morgan fingerprint density at radius 1 is 1.27 bits per heavy atom. The van der Waals surface area contributed by atoms with Gasteiger partial charge in [-0.15, -0.1) is 0 Å². The topological polar surface area (TPSA) is 26.3 Å². The molecule has 0 amide bonds. The molecular formula is C13H24O2. The molecule has 0 heterocycles. The molecule has 2 heteroatoms. The Kier molecular flexibility index (Phi) is 8.06. The zero-order valence-corrected chi connectivity index (χ0v) is 10.3. The molecule has 15 heavy (non-hydrogen) atoms. The van der Waals surface area contributed by atoms with Gasteiger partial charge in [0.25, 0.3) is 0 Å². The Balaban J connectivity index is 3.52. The summed E-state index contributed by atoms with van der Waals surface area (Å²) in [5.41, 5.74) is 0.598. The largest absolute Gasteiger partial charge is 0.462 e. The second kappa shape index (κ2) is 8.51. The van der Waals surface area contributed by atoms with Crippen LogP contribution < -0.4 is 0 Å². The van der Waals surface area contributed by atoms with Crippen molar-refractivity contribution in [2.45, 2.75) is 52.9 Å². The van der Waals surface area contributed by atoms with Crippen LogP contribution in [0.25, 0.3) is 0 Å². The fourth-order valence-electron chi connectivity index (χ4n) is 1.37. The van der Waals surface area contributed by atoms with Crippen LogP contribution >= 0.6 is 0 Å². The molecule has 0 N–H and O–H groups in total. The van der Waals surface area contributed by atoms with E-state index < -0.39 is 0 Å². The van der Waals surface area contributed by atoms with Crippen LogP contribution in [0.1, 0.15) is 52.9 Å². The minimum atomic E-state index is -0.222. The van der Waals surface area contributed by atoms with Crippen molar-refractivity contribution in [2.24, 2.45) is 5.92 Å². The van der Waals surface area contributed by atoms with Gasteiger partial charge in [-0.05, 0) is 18.8 Å². The number of esters is 1. The van der Waals surface area contributed by atoms with Gasteiger partial charge in [-0.1, -0.05) is 46.6 Å². The van der Waals surface area contributed by atoms with Crippen LogP contribution in [0.2, 0.25) is 0 Å². The van der Waals surface area contributed by atoms with E-state index in [0.717, 1.165) is 19.3 Å². The molecule has 0 unspecified atom stereocenters. The average molecular weight is 212 g/mol. The quantitative estimate of drug-likeness (QED) is 0.348. The number of carbonyl (C=O) groups excluding carboxylic acids is 1. The molecule has 0 saturated heterocycles. The van der Waals surface area contributed by atoms with Gasteiger partial charge in [0.15, 0.2) is 0 Å². The fourth-order valence-corrected chi connectivity index (χ4v) is 1.37. The zero-order valence-electron chi connectivity index (χ0n) is 10.3. The monoisotopic (exact) mass is 212 g/mol. The van der Waals surface area contributed by atoms with Gasteiger partial charge in [0.1, 0.15) is 0 Å². The van der Waals surface area contributed by atoms with Crippen molar-refractivity contribution in [1.29, 1.82) is 0 Å². The Morgan fingerprint density at radius 2 is 1.93 bits per heavy atom. The first kappa shape index (κ1) is 14.2. The van der Waals surface area contributed by atoms with Gasteiger partial charge in [-0.3, -0.25) is 0 Å². The molecule has 0 atom stereocenters. The van der Waals surface area contributed by atoms with Crippen molar-refractivity contribution in [1.82, 2.24) is 0 Å². The van der Waals surface area contributed by atoms with E-state index in [1.54, 1.807) is 0 Å². The molecule has 0 rings (SSSR count). The summed E-state index contributed by atoms with van der Waals surface area (Å²) in [6.45, 7) is 10.6. The lowest BCUT2D eigenvalue weighted by atomic mass is 10.1. The maximum Gasteiger partial charge on any atom is 0.333 e. The van der Waals surface area contributed by atoms with Crippen LogP contribution in [0.5, 0.6) is 0 Å². The van der Waals surface area contributed by atoms with E-state index in [0.29, 0.717) is 18.1 Å². The Labute approximate surface area is 93.7 Å². The van der Waals surface area contributed by atoms with Gasteiger partial charge in [-0.2, -0.15) is 0 Å². The molecular weight excluding hydrogens is 188 g/mol. The molecule has 0 aromatic heterocycles. The summed E-state index contributed by atoms with van der Waals surface area (Å²) in [6, 6.07) is 0. The second-order valence-electron chi connectivity index (χ2n) is 4.40. The highest BCUT2D eigenvalue weighted by molar-refractivity contribution is 5.87. The van der Waals surface area contributed by atoms with Crippen molar-refractivity contribution < 1.29 is 9.53 Å². The lowest BCUT2D eigenvalue weighted by molar-refractivity contribution is -0.139. The molecule has 0 aromatic carbocycles. The maximum absolute atomic E-state index is 11.4. The summed E-state index contributed by atoms with van der Waals surface area (Å²) in [5.74, 6) is 0.241. The van der Waals surface area contributed by atoms with E-state index in [1.165, 1.54) is 12.8 Å². The first-order valence-electron chi connectivity index (χ1n) is 5.92. The molecule has 0 aliphatic carbocycles. The van der Waals surface area contributed by atoms with Gasteiger partial charge in [-0.25, -0.2) is 4.79 Å². The van der Waals surface area contributed by atoms with Gasteiger partial charge in [0.2, 0.25) is 0 Å². The van der Waals surface area contributed by atoms with E-state index in [2.05, 4.69) is 27.4 Å². The molecule has 0 fully saturated rings. The van der Waals surface area contributed by atoms with Crippen LogP contribution in [0.3, 0.4) is 0 Å². The molecule has 0 aromatic rings. The third-order valence-electron chi connectivity index (χ3n) is 2.17. The number of carbonyl (C=O) groups is 1. The molecule has 0 bridgehead atoms. The van der Waals surface area contributed by atoms with Crippen LogP contribution in [0, 0.1) is 5.92 Å². The number of hydrogen-bond donors (Lipinski definition) is 0. The minimum Gasteiger partial charge on any atom is -0.462 e. The molecule has 0 spiro atoms. The first-order valence-corrected chi connectivity index (χ1v) is 5.92. The minimum absolute atomic E-state index is 0.222. The molecule has 2 nitrogen and oxygen atoms in total. The van der Waals surface area contributed by atoms with E-state index in [9.17, 15) is 4.79 Å². The van der Waals surface area contributed by atoms with Gasteiger partial charge in [0.05, 0.1) is 6.61 Å². The third kappa shape index (κ3) is 8.22. The predicted molar refractivity (Wildman–Crippen MR) is 63.7 cm³/mol. The SMILES string of the molecule is C=C(CC(C)C)C(=O)OCCCCCC. The fraction of sp³-hybridized carbons (Fsp3) is 0.769. The molecule has 0 saturated carbocycles.